The molecule has 150 valence electrons. The smallest absolute Gasteiger partial charge is 0.233 e. The van der Waals surface area contributed by atoms with Crippen molar-refractivity contribution in [3.05, 3.63) is 54.6 Å². The molecule has 1 fully saturated rings. The van der Waals surface area contributed by atoms with Crippen molar-refractivity contribution < 1.29 is 9.53 Å². The molecular formula is C22H24N4O2S. The number of methoxy groups -OCH3 is 1. The second-order valence-electron chi connectivity index (χ2n) is 6.94. The van der Waals surface area contributed by atoms with Crippen LogP contribution < -0.4 is 4.74 Å². The second kappa shape index (κ2) is 9.13. The normalized spacial score (nSPS) is 14.0. The molecule has 29 heavy (non-hydrogen) atoms. The van der Waals surface area contributed by atoms with Gasteiger partial charge in [-0.25, -0.2) is 0 Å². The maximum Gasteiger partial charge on any atom is 0.233 e. The summed E-state index contributed by atoms with van der Waals surface area (Å²) in [7, 11) is 1.65. The Hall–Kier alpha value is -2.80. The topological polar surface area (TPSA) is 60.2 Å². The van der Waals surface area contributed by atoms with Crippen LogP contribution in [0.3, 0.4) is 0 Å². The van der Waals surface area contributed by atoms with Crippen LogP contribution >= 0.6 is 11.8 Å². The molecule has 7 heteroatoms. The maximum atomic E-state index is 12.6. The number of nitrogens with zero attached hydrogens (tertiary/aromatic N) is 4. The summed E-state index contributed by atoms with van der Waals surface area (Å²) in [4.78, 5) is 14.6. The molecule has 0 N–H and O–H groups in total. The standard InChI is InChI=1S/C22H24N4O2S/c1-28-19-12-10-18(11-13-19)26-21(17-8-4-2-5-9-17)23-24-22(26)29-16-20(27)25-14-6-3-7-15-25/h2,4-5,8-13H,3,6-7,14-16H2,1H3. The summed E-state index contributed by atoms with van der Waals surface area (Å²) in [5.41, 5.74) is 1.91. The van der Waals surface area contributed by atoms with Crippen LogP contribution in [-0.4, -0.2) is 51.5 Å². The Kier molecular flexibility index (Phi) is 6.14. The summed E-state index contributed by atoms with van der Waals surface area (Å²) in [6.07, 6.45) is 3.40. The SMILES string of the molecule is COc1ccc(-n2c(SCC(=O)N3CCCCC3)nnc2-c2ccccc2)cc1. The minimum atomic E-state index is 0.167. The van der Waals surface area contributed by atoms with Crippen molar-refractivity contribution in [1.82, 2.24) is 19.7 Å². The Balaban J connectivity index is 1.62. The van der Waals surface area contributed by atoms with E-state index in [0.29, 0.717) is 10.9 Å². The van der Waals surface area contributed by atoms with Gasteiger partial charge in [-0.05, 0) is 43.5 Å². The van der Waals surface area contributed by atoms with Crippen molar-refractivity contribution in [3.8, 4) is 22.8 Å². The van der Waals surface area contributed by atoms with Gasteiger partial charge < -0.3 is 9.64 Å². The highest BCUT2D eigenvalue weighted by molar-refractivity contribution is 7.99. The summed E-state index contributed by atoms with van der Waals surface area (Å²) >= 11 is 1.44. The van der Waals surface area contributed by atoms with E-state index in [4.69, 9.17) is 4.74 Å². The number of ether oxygens (including phenoxy) is 1. The van der Waals surface area contributed by atoms with E-state index in [0.717, 1.165) is 48.8 Å². The number of carbonyl (C=O) groups is 1. The lowest BCUT2D eigenvalue weighted by Gasteiger charge is -2.26. The third kappa shape index (κ3) is 4.45. The van der Waals surface area contributed by atoms with E-state index in [1.807, 2.05) is 64.1 Å². The number of likely N-dealkylation sites (tertiary alicyclic amines) is 1. The first-order chi connectivity index (χ1) is 14.3. The number of carbonyl (C=O) groups excluding carboxylic acids is 1. The molecule has 0 radical (unpaired) electrons. The molecule has 1 saturated heterocycles. The molecule has 0 saturated carbocycles. The van der Waals surface area contributed by atoms with Crippen LogP contribution in [0.1, 0.15) is 19.3 Å². The number of benzene rings is 2. The number of piperidine rings is 1. The van der Waals surface area contributed by atoms with Crippen molar-refractivity contribution in [2.75, 3.05) is 26.0 Å². The number of hydrogen-bond donors (Lipinski definition) is 0. The molecule has 0 unspecified atom stereocenters. The lowest BCUT2D eigenvalue weighted by atomic mass is 10.1. The van der Waals surface area contributed by atoms with Crippen LogP contribution in [0.2, 0.25) is 0 Å². The average molecular weight is 409 g/mol. The third-order valence-electron chi connectivity index (χ3n) is 5.03. The molecule has 1 amide bonds. The van der Waals surface area contributed by atoms with Gasteiger partial charge in [0.1, 0.15) is 5.75 Å². The van der Waals surface area contributed by atoms with E-state index in [1.165, 1.54) is 18.2 Å². The van der Waals surface area contributed by atoms with E-state index < -0.39 is 0 Å². The molecule has 1 aliphatic rings. The third-order valence-corrected chi connectivity index (χ3v) is 5.94. The van der Waals surface area contributed by atoms with Crippen molar-refractivity contribution in [3.63, 3.8) is 0 Å². The van der Waals surface area contributed by atoms with Gasteiger partial charge in [-0.2, -0.15) is 0 Å². The summed E-state index contributed by atoms with van der Waals surface area (Å²) in [6.45, 7) is 1.72. The summed E-state index contributed by atoms with van der Waals surface area (Å²) in [5.74, 6) is 2.07. The molecule has 6 nitrogen and oxygen atoms in total. The molecule has 0 bridgehead atoms. The van der Waals surface area contributed by atoms with E-state index in [-0.39, 0.29) is 5.91 Å². The monoisotopic (exact) mass is 408 g/mol. The summed E-state index contributed by atoms with van der Waals surface area (Å²) in [5, 5.41) is 9.54. The van der Waals surface area contributed by atoms with Gasteiger partial charge in [0.05, 0.1) is 12.9 Å². The van der Waals surface area contributed by atoms with Crippen LogP contribution in [0.25, 0.3) is 17.1 Å². The van der Waals surface area contributed by atoms with E-state index >= 15 is 0 Å². The molecule has 3 aromatic rings. The largest absolute Gasteiger partial charge is 0.497 e. The average Bonchev–Trinajstić information content (AvgIpc) is 3.22. The molecule has 0 spiro atoms. The highest BCUT2D eigenvalue weighted by Gasteiger charge is 2.20. The van der Waals surface area contributed by atoms with Crippen LogP contribution in [0.4, 0.5) is 0 Å². The van der Waals surface area contributed by atoms with Gasteiger partial charge in [-0.3, -0.25) is 9.36 Å². The van der Waals surface area contributed by atoms with Gasteiger partial charge in [-0.15, -0.1) is 10.2 Å². The number of aromatic nitrogens is 3. The van der Waals surface area contributed by atoms with Crippen LogP contribution in [0.15, 0.2) is 59.8 Å². The molecule has 1 aliphatic heterocycles. The highest BCUT2D eigenvalue weighted by atomic mass is 32.2. The Labute approximate surface area is 174 Å². The Morgan fingerprint density at radius 3 is 2.41 bits per heavy atom. The van der Waals surface area contributed by atoms with E-state index in [1.54, 1.807) is 7.11 Å². The molecule has 2 heterocycles. The number of hydrogen-bond acceptors (Lipinski definition) is 5. The lowest BCUT2D eigenvalue weighted by molar-refractivity contribution is -0.129. The maximum absolute atomic E-state index is 12.6. The van der Waals surface area contributed by atoms with Gasteiger partial charge >= 0.3 is 0 Å². The second-order valence-corrected chi connectivity index (χ2v) is 7.88. The zero-order valence-corrected chi connectivity index (χ0v) is 17.3. The van der Waals surface area contributed by atoms with Crippen molar-refractivity contribution >= 4 is 17.7 Å². The summed E-state index contributed by atoms with van der Waals surface area (Å²) in [6, 6.07) is 17.7. The highest BCUT2D eigenvalue weighted by Crippen LogP contribution is 2.29. The first-order valence-electron chi connectivity index (χ1n) is 9.82. The van der Waals surface area contributed by atoms with Crippen molar-refractivity contribution in [2.45, 2.75) is 24.4 Å². The molecule has 0 aliphatic carbocycles. The predicted molar refractivity (Wildman–Crippen MR) is 115 cm³/mol. The van der Waals surface area contributed by atoms with Crippen LogP contribution in [0, 0.1) is 0 Å². The number of thioether (sulfide) groups is 1. The number of amides is 1. The molecule has 4 rings (SSSR count). The van der Waals surface area contributed by atoms with Gasteiger partial charge in [0.15, 0.2) is 11.0 Å². The molecule has 1 aromatic heterocycles. The quantitative estimate of drug-likeness (QED) is 0.576. The number of rotatable bonds is 6. The molecule has 2 aromatic carbocycles. The zero-order chi connectivity index (χ0) is 20.1. The zero-order valence-electron chi connectivity index (χ0n) is 16.5. The van der Waals surface area contributed by atoms with Crippen LogP contribution in [-0.2, 0) is 4.79 Å². The Morgan fingerprint density at radius 1 is 1.00 bits per heavy atom. The minimum absolute atomic E-state index is 0.167. The first kappa shape index (κ1) is 19.5. The first-order valence-corrected chi connectivity index (χ1v) is 10.8. The van der Waals surface area contributed by atoms with Gasteiger partial charge in [0, 0.05) is 24.3 Å². The molecular weight excluding hydrogens is 384 g/mol. The fraction of sp³-hybridized carbons (Fsp3) is 0.318. The van der Waals surface area contributed by atoms with Gasteiger partial charge in [-0.1, -0.05) is 42.1 Å². The Morgan fingerprint density at radius 2 is 1.72 bits per heavy atom. The fourth-order valence-electron chi connectivity index (χ4n) is 3.46. The predicted octanol–water partition coefficient (Wildman–Crippen LogP) is 4.05. The van der Waals surface area contributed by atoms with E-state index in [2.05, 4.69) is 10.2 Å². The lowest BCUT2D eigenvalue weighted by Crippen LogP contribution is -2.36. The Bertz CT molecular complexity index is 951. The molecule has 0 atom stereocenters. The van der Waals surface area contributed by atoms with Gasteiger partial charge in [0.2, 0.25) is 5.91 Å². The minimum Gasteiger partial charge on any atom is -0.497 e. The summed E-state index contributed by atoms with van der Waals surface area (Å²) < 4.78 is 7.28. The fourth-order valence-corrected chi connectivity index (χ4v) is 4.32. The van der Waals surface area contributed by atoms with Crippen molar-refractivity contribution in [1.29, 1.82) is 0 Å². The van der Waals surface area contributed by atoms with Crippen molar-refractivity contribution in [2.24, 2.45) is 0 Å². The van der Waals surface area contributed by atoms with Crippen LogP contribution in [0.5, 0.6) is 5.75 Å². The van der Waals surface area contributed by atoms with E-state index in [9.17, 15) is 4.79 Å². The van der Waals surface area contributed by atoms with Gasteiger partial charge in [0.25, 0.3) is 0 Å².